The van der Waals surface area contributed by atoms with Crippen LogP contribution in [0.3, 0.4) is 0 Å². The molecule has 0 amide bonds. The Bertz CT molecular complexity index is 825. The van der Waals surface area contributed by atoms with E-state index >= 15 is 0 Å². The van der Waals surface area contributed by atoms with E-state index in [1.165, 1.54) is 30.5 Å². The van der Waals surface area contributed by atoms with E-state index in [0.29, 0.717) is 5.56 Å². The summed E-state index contributed by atoms with van der Waals surface area (Å²) in [6, 6.07) is 7.01. The lowest BCUT2D eigenvalue weighted by Crippen LogP contribution is -2.17. The van der Waals surface area contributed by atoms with Crippen LogP contribution >= 0.6 is 0 Å². The van der Waals surface area contributed by atoms with Gasteiger partial charge in [0, 0.05) is 12.4 Å². The van der Waals surface area contributed by atoms with Gasteiger partial charge in [-0.25, -0.2) is 23.2 Å². The predicted molar refractivity (Wildman–Crippen MR) is 71.0 cm³/mol. The van der Waals surface area contributed by atoms with Crippen molar-refractivity contribution in [1.29, 1.82) is 5.26 Å². The molecule has 0 aliphatic heterocycles. The van der Waals surface area contributed by atoms with Gasteiger partial charge in [-0.15, -0.1) is 0 Å². The summed E-state index contributed by atoms with van der Waals surface area (Å²) in [4.78, 5) is 18.0. The minimum absolute atomic E-state index is 0.122. The highest BCUT2D eigenvalue weighted by Gasteiger charge is 2.20. The molecule has 106 valence electrons. The molecule has 8 nitrogen and oxygen atoms in total. The Hall–Kier alpha value is -2.99. The van der Waals surface area contributed by atoms with E-state index < -0.39 is 21.7 Å². The number of hydrogen-bond donors (Lipinski definition) is 2. The number of carbonyl (C=O) groups is 1. The number of carboxylic acids is 1. The third-order valence-corrected chi connectivity index (χ3v) is 3.78. The van der Waals surface area contributed by atoms with Gasteiger partial charge in [-0.05, 0) is 24.3 Å². The van der Waals surface area contributed by atoms with Crippen molar-refractivity contribution in [2.45, 2.75) is 4.90 Å². The number of rotatable bonds is 4. The fourth-order valence-corrected chi connectivity index (χ4v) is 2.48. The molecule has 0 aliphatic carbocycles. The third kappa shape index (κ3) is 3.13. The second kappa shape index (κ2) is 5.56. The lowest BCUT2D eigenvalue weighted by molar-refractivity contribution is 0.0691. The summed E-state index contributed by atoms with van der Waals surface area (Å²) in [6.07, 6.45) is 2.31. The van der Waals surface area contributed by atoms with Crippen LogP contribution in [0, 0.1) is 11.3 Å². The maximum Gasteiger partial charge on any atom is 0.358 e. The molecule has 0 bridgehead atoms. The number of nitrogens with zero attached hydrogens (tertiary/aromatic N) is 3. The summed E-state index contributed by atoms with van der Waals surface area (Å²) in [7, 11) is -4.02. The van der Waals surface area contributed by atoms with Gasteiger partial charge in [0.25, 0.3) is 10.0 Å². The molecule has 1 heterocycles. The van der Waals surface area contributed by atoms with Gasteiger partial charge >= 0.3 is 5.97 Å². The van der Waals surface area contributed by atoms with E-state index in [-0.39, 0.29) is 10.7 Å². The molecular formula is C12H8N4O4S. The van der Waals surface area contributed by atoms with Crippen molar-refractivity contribution in [2.24, 2.45) is 0 Å². The summed E-state index contributed by atoms with van der Waals surface area (Å²) in [5.74, 6) is -1.78. The molecule has 0 fully saturated rings. The second-order valence-electron chi connectivity index (χ2n) is 3.80. The molecule has 2 N–H and O–H groups in total. The van der Waals surface area contributed by atoms with Crippen molar-refractivity contribution in [3.8, 4) is 6.07 Å². The molecule has 2 rings (SSSR count). The van der Waals surface area contributed by atoms with E-state index in [2.05, 4.69) is 14.7 Å². The van der Waals surface area contributed by atoms with Crippen LogP contribution in [0.2, 0.25) is 0 Å². The van der Waals surface area contributed by atoms with Gasteiger partial charge < -0.3 is 5.11 Å². The summed E-state index contributed by atoms with van der Waals surface area (Å²) < 4.78 is 26.3. The van der Waals surface area contributed by atoms with Crippen LogP contribution < -0.4 is 4.72 Å². The van der Waals surface area contributed by atoms with Crippen LogP contribution in [-0.4, -0.2) is 29.5 Å². The molecule has 0 aliphatic rings. The number of hydrogen-bond acceptors (Lipinski definition) is 6. The lowest BCUT2D eigenvalue weighted by Gasteiger charge is -2.08. The molecule has 0 unspecified atom stereocenters. The molecule has 0 atom stereocenters. The van der Waals surface area contributed by atoms with Crippen LogP contribution in [0.15, 0.2) is 41.6 Å². The maximum absolute atomic E-state index is 12.1. The van der Waals surface area contributed by atoms with E-state index in [1.54, 1.807) is 0 Å². The number of sulfonamides is 1. The monoisotopic (exact) mass is 304 g/mol. The standard InChI is InChI=1S/C12H8N4O4S/c13-7-8-1-3-9(4-2-8)21(19,20)16-11-10(12(17)18)14-5-6-15-11/h1-6H,(H,15,16)(H,17,18). The second-order valence-corrected chi connectivity index (χ2v) is 5.48. The van der Waals surface area contributed by atoms with Gasteiger partial charge in [0.15, 0.2) is 11.5 Å². The highest BCUT2D eigenvalue weighted by molar-refractivity contribution is 7.92. The molecule has 21 heavy (non-hydrogen) atoms. The molecule has 0 radical (unpaired) electrons. The Morgan fingerprint density at radius 2 is 1.81 bits per heavy atom. The van der Waals surface area contributed by atoms with Crippen molar-refractivity contribution in [1.82, 2.24) is 9.97 Å². The zero-order chi connectivity index (χ0) is 15.5. The first-order valence-electron chi connectivity index (χ1n) is 5.51. The first-order chi connectivity index (χ1) is 9.94. The van der Waals surface area contributed by atoms with Crippen molar-refractivity contribution >= 4 is 21.8 Å². The largest absolute Gasteiger partial charge is 0.476 e. The van der Waals surface area contributed by atoms with E-state index in [4.69, 9.17) is 10.4 Å². The zero-order valence-electron chi connectivity index (χ0n) is 10.4. The van der Waals surface area contributed by atoms with E-state index in [9.17, 15) is 13.2 Å². The Labute approximate surface area is 119 Å². The van der Waals surface area contributed by atoms with Gasteiger partial charge in [0.05, 0.1) is 16.5 Å². The summed E-state index contributed by atoms with van der Waals surface area (Å²) >= 11 is 0. The van der Waals surface area contributed by atoms with E-state index in [1.807, 2.05) is 6.07 Å². The topological polar surface area (TPSA) is 133 Å². The number of carboxylic acid groups (broad SMARTS) is 1. The average Bonchev–Trinajstić information content (AvgIpc) is 2.47. The Morgan fingerprint density at radius 1 is 1.19 bits per heavy atom. The third-order valence-electron chi connectivity index (χ3n) is 2.43. The number of benzene rings is 1. The van der Waals surface area contributed by atoms with Crippen LogP contribution in [0.5, 0.6) is 0 Å². The van der Waals surface area contributed by atoms with Crippen LogP contribution in [-0.2, 0) is 10.0 Å². The highest BCUT2D eigenvalue weighted by Crippen LogP contribution is 2.16. The number of aromatic carboxylic acids is 1. The summed E-state index contributed by atoms with van der Waals surface area (Å²) in [6.45, 7) is 0. The highest BCUT2D eigenvalue weighted by atomic mass is 32.2. The molecule has 1 aromatic carbocycles. The Balaban J connectivity index is 2.38. The van der Waals surface area contributed by atoms with Crippen LogP contribution in [0.4, 0.5) is 5.82 Å². The van der Waals surface area contributed by atoms with Gasteiger partial charge in [0.1, 0.15) is 0 Å². The van der Waals surface area contributed by atoms with Crippen molar-refractivity contribution < 1.29 is 18.3 Å². The first-order valence-corrected chi connectivity index (χ1v) is 6.99. The fraction of sp³-hybridized carbons (Fsp3) is 0. The van der Waals surface area contributed by atoms with Gasteiger partial charge in [-0.2, -0.15) is 5.26 Å². The fourth-order valence-electron chi connectivity index (χ4n) is 1.46. The van der Waals surface area contributed by atoms with Crippen LogP contribution in [0.25, 0.3) is 0 Å². The quantitative estimate of drug-likeness (QED) is 0.855. The molecule has 1 aromatic heterocycles. The first kappa shape index (κ1) is 14.4. The predicted octanol–water partition coefficient (Wildman–Crippen LogP) is 0.847. The summed E-state index contributed by atoms with van der Waals surface area (Å²) in [5.41, 5.74) is -0.200. The molecular weight excluding hydrogens is 296 g/mol. The van der Waals surface area contributed by atoms with Gasteiger partial charge in [-0.3, -0.25) is 4.72 Å². The van der Waals surface area contributed by atoms with Crippen molar-refractivity contribution in [3.63, 3.8) is 0 Å². The average molecular weight is 304 g/mol. The van der Waals surface area contributed by atoms with Crippen LogP contribution in [0.1, 0.15) is 16.1 Å². The number of aromatic nitrogens is 2. The Kier molecular flexibility index (Phi) is 3.82. The normalized spacial score (nSPS) is 10.6. The summed E-state index contributed by atoms with van der Waals surface area (Å²) in [5, 5.41) is 17.6. The van der Waals surface area contributed by atoms with Crippen molar-refractivity contribution in [2.75, 3.05) is 4.72 Å². The van der Waals surface area contributed by atoms with Gasteiger partial charge in [0.2, 0.25) is 0 Å². The lowest BCUT2D eigenvalue weighted by atomic mass is 10.2. The smallest absolute Gasteiger partial charge is 0.358 e. The molecule has 9 heteroatoms. The molecule has 0 saturated heterocycles. The SMILES string of the molecule is N#Cc1ccc(S(=O)(=O)Nc2nccnc2C(=O)O)cc1. The molecule has 0 saturated carbocycles. The van der Waals surface area contributed by atoms with E-state index in [0.717, 1.165) is 6.20 Å². The number of nitriles is 1. The zero-order valence-corrected chi connectivity index (χ0v) is 11.2. The Morgan fingerprint density at radius 3 is 2.38 bits per heavy atom. The van der Waals surface area contributed by atoms with Gasteiger partial charge in [-0.1, -0.05) is 0 Å². The molecule has 0 spiro atoms. The minimum atomic E-state index is -4.02. The maximum atomic E-state index is 12.1. The number of anilines is 1. The number of nitrogens with one attached hydrogen (secondary N) is 1. The van der Waals surface area contributed by atoms with Crippen molar-refractivity contribution in [3.05, 3.63) is 47.9 Å². The molecule has 2 aromatic rings. The minimum Gasteiger partial charge on any atom is -0.476 e.